The van der Waals surface area contributed by atoms with Gasteiger partial charge in [-0.1, -0.05) is 49.4 Å². The molecule has 0 aliphatic carbocycles. The molecule has 0 fully saturated rings. The molecule has 2 aromatic carbocycles. The van der Waals surface area contributed by atoms with Crippen molar-refractivity contribution in [1.29, 1.82) is 0 Å². The van der Waals surface area contributed by atoms with E-state index in [1.54, 1.807) is 11.7 Å². The molecular formula is C27H32N4O3. The summed E-state index contributed by atoms with van der Waals surface area (Å²) in [6.45, 7) is 4.73. The summed E-state index contributed by atoms with van der Waals surface area (Å²) in [5, 5.41) is 2.92. The van der Waals surface area contributed by atoms with Crippen LogP contribution in [0.3, 0.4) is 0 Å². The summed E-state index contributed by atoms with van der Waals surface area (Å²) in [5.74, 6) is 1.26. The van der Waals surface area contributed by atoms with E-state index in [-0.39, 0.29) is 18.0 Å². The van der Waals surface area contributed by atoms with Crippen LogP contribution in [0.4, 0.5) is 0 Å². The van der Waals surface area contributed by atoms with Crippen molar-refractivity contribution in [3.05, 3.63) is 93.2 Å². The lowest BCUT2D eigenvalue weighted by molar-refractivity contribution is -0.121. The number of benzene rings is 2. The highest BCUT2D eigenvalue weighted by molar-refractivity contribution is 5.75. The van der Waals surface area contributed by atoms with E-state index < -0.39 is 0 Å². The average Bonchev–Trinajstić information content (AvgIpc) is 2.86. The second-order valence-electron chi connectivity index (χ2n) is 8.67. The van der Waals surface area contributed by atoms with Crippen LogP contribution < -0.4 is 15.6 Å². The van der Waals surface area contributed by atoms with Crippen LogP contribution in [0.25, 0.3) is 0 Å². The van der Waals surface area contributed by atoms with Gasteiger partial charge < -0.3 is 10.1 Å². The van der Waals surface area contributed by atoms with Crippen molar-refractivity contribution in [3.8, 4) is 5.75 Å². The first kappa shape index (κ1) is 23.7. The van der Waals surface area contributed by atoms with Gasteiger partial charge in [0.1, 0.15) is 18.1 Å². The van der Waals surface area contributed by atoms with Gasteiger partial charge in [-0.05, 0) is 36.1 Å². The van der Waals surface area contributed by atoms with Crippen LogP contribution in [0, 0.1) is 0 Å². The third-order valence-electron chi connectivity index (χ3n) is 6.15. The summed E-state index contributed by atoms with van der Waals surface area (Å²) in [4.78, 5) is 33.3. The van der Waals surface area contributed by atoms with Gasteiger partial charge in [0.2, 0.25) is 5.91 Å². The predicted molar refractivity (Wildman–Crippen MR) is 132 cm³/mol. The highest BCUT2D eigenvalue weighted by Gasteiger charge is 2.24. The van der Waals surface area contributed by atoms with Gasteiger partial charge in [0.15, 0.2) is 0 Å². The van der Waals surface area contributed by atoms with Gasteiger partial charge >= 0.3 is 0 Å². The Morgan fingerprint density at radius 1 is 1.09 bits per heavy atom. The number of methoxy groups -OCH3 is 1. The maximum atomic E-state index is 13.4. The molecule has 0 radical (unpaired) electrons. The van der Waals surface area contributed by atoms with Crippen molar-refractivity contribution < 1.29 is 9.53 Å². The third kappa shape index (κ3) is 5.72. The van der Waals surface area contributed by atoms with Crippen molar-refractivity contribution in [2.75, 3.05) is 13.7 Å². The van der Waals surface area contributed by atoms with Crippen molar-refractivity contribution in [1.82, 2.24) is 19.8 Å². The van der Waals surface area contributed by atoms with Crippen molar-refractivity contribution in [2.45, 2.75) is 52.4 Å². The average molecular weight is 461 g/mol. The molecule has 1 aliphatic heterocycles. The molecule has 0 unspecified atom stereocenters. The Labute approximate surface area is 200 Å². The van der Waals surface area contributed by atoms with E-state index in [0.717, 1.165) is 42.1 Å². The van der Waals surface area contributed by atoms with Gasteiger partial charge in [-0.15, -0.1) is 0 Å². The third-order valence-corrected chi connectivity index (χ3v) is 6.15. The first-order valence-electron chi connectivity index (χ1n) is 11.8. The molecule has 0 atom stereocenters. The number of nitrogens with one attached hydrogen (secondary N) is 1. The largest absolute Gasteiger partial charge is 0.497 e. The maximum absolute atomic E-state index is 13.4. The number of fused-ring (bicyclic) bond motifs is 1. The number of aryl methyl sites for hydroxylation is 1. The molecule has 34 heavy (non-hydrogen) atoms. The number of aromatic nitrogens is 2. The fraction of sp³-hybridized carbons (Fsp3) is 0.370. The van der Waals surface area contributed by atoms with Crippen LogP contribution in [0.5, 0.6) is 5.75 Å². The lowest BCUT2D eigenvalue weighted by Gasteiger charge is -2.29. The zero-order valence-electron chi connectivity index (χ0n) is 19.9. The van der Waals surface area contributed by atoms with Gasteiger partial charge in [-0.25, -0.2) is 4.98 Å². The van der Waals surface area contributed by atoms with Gasteiger partial charge in [-0.3, -0.25) is 19.1 Å². The van der Waals surface area contributed by atoms with E-state index in [0.29, 0.717) is 31.8 Å². The number of hydrogen-bond acceptors (Lipinski definition) is 5. The minimum Gasteiger partial charge on any atom is -0.497 e. The fourth-order valence-electron chi connectivity index (χ4n) is 4.33. The Morgan fingerprint density at radius 2 is 1.85 bits per heavy atom. The van der Waals surface area contributed by atoms with Crippen LogP contribution in [-0.2, 0) is 43.8 Å². The van der Waals surface area contributed by atoms with Crippen molar-refractivity contribution in [3.63, 3.8) is 0 Å². The first-order chi connectivity index (χ1) is 16.6. The maximum Gasteiger partial charge on any atom is 0.257 e. The molecule has 0 saturated heterocycles. The minimum absolute atomic E-state index is 0.0155. The Bertz CT molecular complexity index is 1170. The van der Waals surface area contributed by atoms with Crippen molar-refractivity contribution in [2.24, 2.45) is 0 Å². The van der Waals surface area contributed by atoms with E-state index >= 15 is 0 Å². The highest BCUT2D eigenvalue weighted by atomic mass is 16.5. The summed E-state index contributed by atoms with van der Waals surface area (Å²) >= 11 is 0. The molecule has 1 aliphatic rings. The number of amides is 1. The zero-order valence-corrected chi connectivity index (χ0v) is 19.9. The second kappa shape index (κ2) is 11.1. The van der Waals surface area contributed by atoms with E-state index in [1.807, 2.05) is 42.5 Å². The number of carbonyl (C=O) groups excluding carboxylic acids is 1. The Kier molecular flexibility index (Phi) is 7.75. The minimum atomic E-state index is -0.196. The molecular weight excluding hydrogens is 428 g/mol. The first-order valence-corrected chi connectivity index (χ1v) is 11.8. The second-order valence-corrected chi connectivity index (χ2v) is 8.67. The molecule has 2 heterocycles. The number of ether oxygens (including phenoxy) is 1. The van der Waals surface area contributed by atoms with Gasteiger partial charge in [0.05, 0.1) is 12.8 Å². The van der Waals surface area contributed by atoms with Crippen molar-refractivity contribution >= 4 is 5.91 Å². The molecule has 7 nitrogen and oxygen atoms in total. The summed E-state index contributed by atoms with van der Waals surface area (Å²) in [5.41, 5.74) is 3.74. The number of nitrogens with zero attached hydrogens (tertiary/aromatic N) is 3. The summed E-state index contributed by atoms with van der Waals surface area (Å²) in [6.07, 6.45) is 2.16. The molecule has 178 valence electrons. The topological polar surface area (TPSA) is 76.5 Å². The van der Waals surface area contributed by atoms with Crippen LogP contribution in [-0.4, -0.2) is 34.0 Å². The van der Waals surface area contributed by atoms with E-state index in [2.05, 4.69) is 29.3 Å². The summed E-state index contributed by atoms with van der Waals surface area (Å²) in [7, 11) is 1.62. The Balaban J connectivity index is 1.47. The Morgan fingerprint density at radius 3 is 2.56 bits per heavy atom. The highest BCUT2D eigenvalue weighted by Crippen LogP contribution is 2.18. The quantitative estimate of drug-likeness (QED) is 0.531. The van der Waals surface area contributed by atoms with Crippen LogP contribution in [0.2, 0.25) is 0 Å². The lowest BCUT2D eigenvalue weighted by Crippen LogP contribution is -2.40. The normalized spacial score (nSPS) is 13.4. The standard InChI is InChI=1S/C27H32N4O3/c1-3-7-25-29-24-18-30(17-21-8-5-4-6-9-21)15-14-23(24)27(33)31(25)19-26(32)28-16-20-10-12-22(34-2)13-11-20/h4-6,8-13H,3,7,14-19H2,1-2H3,(H,28,32). The van der Waals surface area contributed by atoms with E-state index in [4.69, 9.17) is 9.72 Å². The molecule has 0 spiro atoms. The van der Waals surface area contributed by atoms with Gasteiger partial charge in [-0.2, -0.15) is 0 Å². The molecule has 4 rings (SSSR count). The summed E-state index contributed by atoms with van der Waals surface area (Å²) < 4.78 is 6.74. The number of hydrogen-bond donors (Lipinski definition) is 1. The Hall–Kier alpha value is -3.45. The van der Waals surface area contributed by atoms with Crippen LogP contribution >= 0.6 is 0 Å². The molecule has 3 aromatic rings. The molecule has 1 N–H and O–H groups in total. The van der Waals surface area contributed by atoms with E-state index in [1.165, 1.54) is 5.56 Å². The molecule has 1 amide bonds. The zero-order chi connectivity index (χ0) is 23.9. The van der Waals surface area contributed by atoms with Crippen LogP contribution in [0.1, 0.15) is 41.6 Å². The fourth-order valence-corrected chi connectivity index (χ4v) is 4.33. The monoisotopic (exact) mass is 460 g/mol. The summed E-state index contributed by atoms with van der Waals surface area (Å²) in [6, 6.07) is 17.9. The molecule has 0 bridgehead atoms. The molecule has 0 saturated carbocycles. The molecule has 1 aromatic heterocycles. The van der Waals surface area contributed by atoms with Gasteiger partial charge in [0, 0.05) is 38.2 Å². The van der Waals surface area contributed by atoms with E-state index in [9.17, 15) is 9.59 Å². The number of carbonyl (C=O) groups is 1. The van der Waals surface area contributed by atoms with Gasteiger partial charge in [0.25, 0.3) is 5.56 Å². The smallest absolute Gasteiger partial charge is 0.257 e. The lowest BCUT2D eigenvalue weighted by atomic mass is 10.0. The number of rotatable bonds is 9. The SMILES string of the molecule is CCCc1nc2c(c(=O)n1CC(=O)NCc1ccc(OC)cc1)CCN(Cc1ccccc1)C2. The van der Waals surface area contributed by atoms with Crippen LogP contribution in [0.15, 0.2) is 59.4 Å². The molecule has 7 heteroatoms. The predicted octanol–water partition coefficient (Wildman–Crippen LogP) is 3.08.